The number of hydrogen-bond acceptors (Lipinski definition) is 5. The van der Waals surface area contributed by atoms with Crippen molar-refractivity contribution in [3.63, 3.8) is 0 Å². The van der Waals surface area contributed by atoms with E-state index in [9.17, 15) is 9.59 Å². The first-order chi connectivity index (χ1) is 10.2. The van der Waals surface area contributed by atoms with E-state index >= 15 is 0 Å². The molecule has 114 valence electrons. The van der Waals surface area contributed by atoms with E-state index in [1.54, 1.807) is 0 Å². The summed E-state index contributed by atoms with van der Waals surface area (Å²) in [6.07, 6.45) is 9.03. The molecule has 2 aliphatic heterocycles. The molecule has 0 aromatic rings. The number of carbonyl (C=O) groups excluding carboxylic acids is 2. The second-order valence-electron chi connectivity index (χ2n) is 6.68. The van der Waals surface area contributed by atoms with Crippen LogP contribution in [0.1, 0.15) is 32.1 Å². The Morgan fingerprint density at radius 3 is 2.67 bits per heavy atom. The first-order valence-corrected chi connectivity index (χ1v) is 7.89. The lowest BCUT2D eigenvalue weighted by Gasteiger charge is -2.22. The maximum atomic E-state index is 12.0. The van der Waals surface area contributed by atoms with Gasteiger partial charge in [0.25, 0.3) is 0 Å². The molecule has 6 atom stereocenters. The van der Waals surface area contributed by atoms with Crippen molar-refractivity contribution in [2.45, 2.75) is 50.4 Å². The van der Waals surface area contributed by atoms with Gasteiger partial charge in [-0.05, 0) is 43.9 Å². The van der Waals surface area contributed by atoms with Crippen LogP contribution in [-0.2, 0) is 23.8 Å². The zero-order valence-electron chi connectivity index (χ0n) is 11.9. The Labute approximate surface area is 123 Å². The fourth-order valence-corrected chi connectivity index (χ4v) is 4.27. The smallest absolute Gasteiger partial charge is 0.344 e. The molecule has 5 nitrogen and oxygen atoms in total. The topological polar surface area (TPSA) is 61.8 Å². The third-order valence-electron chi connectivity index (χ3n) is 5.32. The van der Waals surface area contributed by atoms with Gasteiger partial charge in [-0.25, -0.2) is 4.79 Å². The molecule has 2 heterocycles. The van der Waals surface area contributed by atoms with Crippen LogP contribution >= 0.6 is 0 Å². The molecule has 0 aromatic heterocycles. The predicted molar refractivity (Wildman–Crippen MR) is 72.2 cm³/mol. The normalized spacial score (nSPS) is 42.5. The summed E-state index contributed by atoms with van der Waals surface area (Å²) in [5, 5.41) is 0. The summed E-state index contributed by atoms with van der Waals surface area (Å²) < 4.78 is 16.1. The predicted octanol–water partition coefficient (Wildman–Crippen LogP) is 1.60. The largest absolute Gasteiger partial charge is 0.460 e. The third-order valence-corrected chi connectivity index (χ3v) is 5.32. The molecule has 21 heavy (non-hydrogen) atoms. The van der Waals surface area contributed by atoms with Gasteiger partial charge in [-0.1, -0.05) is 12.2 Å². The SMILES string of the molecule is O=C(COC(=O)C1CC2C=CC1O2)OC1CC2CCC1C2. The lowest BCUT2D eigenvalue weighted by molar-refractivity contribution is -0.166. The van der Waals surface area contributed by atoms with Crippen LogP contribution in [-0.4, -0.2) is 36.9 Å². The average molecular weight is 292 g/mol. The molecule has 0 aromatic carbocycles. The molecule has 0 N–H and O–H groups in total. The monoisotopic (exact) mass is 292 g/mol. The average Bonchev–Trinajstić information content (AvgIpc) is 3.23. The van der Waals surface area contributed by atoms with Crippen molar-refractivity contribution in [1.29, 1.82) is 0 Å². The molecule has 4 bridgehead atoms. The van der Waals surface area contributed by atoms with Crippen LogP contribution in [0.5, 0.6) is 0 Å². The van der Waals surface area contributed by atoms with Gasteiger partial charge >= 0.3 is 11.9 Å². The lowest BCUT2D eigenvalue weighted by atomic mass is 9.95. The van der Waals surface area contributed by atoms with Gasteiger partial charge in [0.1, 0.15) is 6.10 Å². The van der Waals surface area contributed by atoms with E-state index in [-0.39, 0.29) is 36.8 Å². The van der Waals surface area contributed by atoms with Gasteiger partial charge < -0.3 is 14.2 Å². The number of fused-ring (bicyclic) bond motifs is 4. The molecular weight excluding hydrogens is 272 g/mol. The first-order valence-electron chi connectivity index (χ1n) is 7.89. The number of rotatable bonds is 4. The maximum absolute atomic E-state index is 12.0. The fraction of sp³-hybridized carbons (Fsp3) is 0.750. The highest BCUT2D eigenvalue weighted by atomic mass is 16.6. The molecule has 6 unspecified atom stereocenters. The molecular formula is C16H20O5. The van der Waals surface area contributed by atoms with Gasteiger partial charge in [0.2, 0.25) is 0 Å². The van der Waals surface area contributed by atoms with Crippen LogP contribution in [0.25, 0.3) is 0 Å². The quantitative estimate of drug-likeness (QED) is 0.582. The molecule has 0 spiro atoms. The highest BCUT2D eigenvalue weighted by Gasteiger charge is 2.43. The van der Waals surface area contributed by atoms with Crippen LogP contribution in [0.15, 0.2) is 12.2 Å². The Hall–Kier alpha value is -1.36. The Balaban J connectivity index is 1.22. The van der Waals surface area contributed by atoms with Crippen LogP contribution < -0.4 is 0 Å². The van der Waals surface area contributed by atoms with E-state index in [1.807, 2.05) is 12.2 Å². The summed E-state index contributed by atoms with van der Waals surface area (Å²) in [6.45, 7) is -0.273. The van der Waals surface area contributed by atoms with Crippen molar-refractivity contribution in [1.82, 2.24) is 0 Å². The van der Waals surface area contributed by atoms with Gasteiger partial charge in [-0.15, -0.1) is 0 Å². The van der Waals surface area contributed by atoms with E-state index in [4.69, 9.17) is 14.2 Å². The second kappa shape index (κ2) is 5.13. The van der Waals surface area contributed by atoms with Crippen molar-refractivity contribution >= 4 is 11.9 Å². The van der Waals surface area contributed by atoms with Crippen molar-refractivity contribution in [3.8, 4) is 0 Å². The van der Waals surface area contributed by atoms with Crippen LogP contribution in [0, 0.1) is 17.8 Å². The molecule has 2 aliphatic carbocycles. The molecule has 2 saturated carbocycles. The molecule has 5 heteroatoms. The minimum atomic E-state index is -0.416. The van der Waals surface area contributed by atoms with E-state index in [2.05, 4.69) is 0 Å². The van der Waals surface area contributed by atoms with Crippen LogP contribution in [0.2, 0.25) is 0 Å². The standard InChI is InChI=1S/C16H20O5/c17-15(21-14-6-9-1-2-10(14)5-9)8-19-16(18)12-7-11-3-4-13(12)20-11/h3-4,9-14H,1-2,5-8H2. The van der Waals surface area contributed by atoms with E-state index < -0.39 is 5.97 Å². The molecule has 4 aliphatic rings. The van der Waals surface area contributed by atoms with Crippen molar-refractivity contribution < 1.29 is 23.8 Å². The Kier molecular flexibility index (Phi) is 3.25. The first kappa shape index (κ1) is 13.3. The highest BCUT2D eigenvalue weighted by Crippen LogP contribution is 2.45. The Morgan fingerprint density at radius 2 is 2.05 bits per heavy atom. The number of esters is 2. The number of ether oxygens (including phenoxy) is 3. The minimum Gasteiger partial charge on any atom is -0.460 e. The van der Waals surface area contributed by atoms with Gasteiger partial charge in [0.15, 0.2) is 6.61 Å². The summed E-state index contributed by atoms with van der Waals surface area (Å²) in [4.78, 5) is 23.8. The van der Waals surface area contributed by atoms with Gasteiger partial charge in [0, 0.05) is 0 Å². The molecule has 1 saturated heterocycles. The fourth-order valence-electron chi connectivity index (χ4n) is 4.27. The van der Waals surface area contributed by atoms with Crippen LogP contribution in [0.4, 0.5) is 0 Å². The molecule has 3 fully saturated rings. The zero-order chi connectivity index (χ0) is 14.4. The van der Waals surface area contributed by atoms with E-state index in [1.165, 1.54) is 12.8 Å². The Morgan fingerprint density at radius 1 is 1.14 bits per heavy atom. The van der Waals surface area contributed by atoms with Gasteiger partial charge in [-0.3, -0.25) is 4.79 Å². The summed E-state index contributed by atoms with van der Waals surface area (Å²) in [5.41, 5.74) is 0. The highest BCUT2D eigenvalue weighted by molar-refractivity contribution is 5.79. The lowest BCUT2D eigenvalue weighted by Crippen LogP contribution is -2.30. The molecule has 0 radical (unpaired) electrons. The van der Waals surface area contributed by atoms with Gasteiger partial charge in [0.05, 0.1) is 18.1 Å². The van der Waals surface area contributed by atoms with E-state index in [0.29, 0.717) is 12.3 Å². The van der Waals surface area contributed by atoms with Crippen LogP contribution in [0.3, 0.4) is 0 Å². The summed E-state index contributed by atoms with van der Waals surface area (Å²) >= 11 is 0. The molecule has 0 amide bonds. The second-order valence-corrected chi connectivity index (χ2v) is 6.68. The van der Waals surface area contributed by atoms with Crippen molar-refractivity contribution in [3.05, 3.63) is 12.2 Å². The number of hydrogen-bond donors (Lipinski definition) is 0. The zero-order valence-corrected chi connectivity index (χ0v) is 11.9. The summed E-state index contributed by atoms with van der Waals surface area (Å²) in [5.74, 6) is 0.222. The number of carbonyl (C=O) groups is 2. The van der Waals surface area contributed by atoms with Crippen molar-refractivity contribution in [2.75, 3.05) is 6.61 Å². The summed E-state index contributed by atoms with van der Waals surface area (Å²) in [7, 11) is 0. The van der Waals surface area contributed by atoms with E-state index in [0.717, 1.165) is 18.8 Å². The van der Waals surface area contributed by atoms with Crippen molar-refractivity contribution in [2.24, 2.45) is 17.8 Å². The molecule has 4 rings (SSSR count). The maximum Gasteiger partial charge on any atom is 0.344 e. The Bertz CT molecular complexity index is 485. The summed E-state index contributed by atoms with van der Waals surface area (Å²) in [6, 6.07) is 0. The minimum absolute atomic E-state index is 0.0357. The third kappa shape index (κ3) is 2.48. The van der Waals surface area contributed by atoms with Gasteiger partial charge in [-0.2, -0.15) is 0 Å².